The molecular formula is C11H17NO4S. The Morgan fingerprint density at radius 3 is 2.53 bits per heavy atom. The summed E-state index contributed by atoms with van der Waals surface area (Å²) in [5.74, 6) is -0.452. The van der Waals surface area contributed by atoms with Gasteiger partial charge < -0.3 is 4.74 Å². The van der Waals surface area contributed by atoms with Crippen molar-refractivity contribution < 1.29 is 17.9 Å². The third-order valence-electron chi connectivity index (χ3n) is 3.78. The van der Waals surface area contributed by atoms with E-state index in [2.05, 4.69) is 6.58 Å². The molecule has 0 spiro atoms. The van der Waals surface area contributed by atoms with Gasteiger partial charge in [0.05, 0.1) is 5.25 Å². The van der Waals surface area contributed by atoms with Gasteiger partial charge in [0.1, 0.15) is 6.10 Å². The van der Waals surface area contributed by atoms with Crippen molar-refractivity contribution in [3.63, 3.8) is 0 Å². The average molecular weight is 259 g/mol. The maximum Gasteiger partial charge on any atom is 0.333 e. The van der Waals surface area contributed by atoms with Crippen LogP contribution in [0.3, 0.4) is 0 Å². The number of ether oxygens (including phenoxy) is 1. The van der Waals surface area contributed by atoms with Crippen LogP contribution in [-0.4, -0.2) is 25.7 Å². The summed E-state index contributed by atoms with van der Waals surface area (Å²) in [5.41, 5.74) is 0.337. The molecule has 0 aliphatic heterocycles. The lowest BCUT2D eigenvalue weighted by molar-refractivity contribution is -0.146. The highest BCUT2D eigenvalue weighted by atomic mass is 32.2. The molecule has 0 aromatic rings. The number of primary sulfonamides is 1. The van der Waals surface area contributed by atoms with Crippen molar-refractivity contribution >= 4 is 16.0 Å². The van der Waals surface area contributed by atoms with Gasteiger partial charge in [-0.15, -0.1) is 0 Å². The summed E-state index contributed by atoms with van der Waals surface area (Å²) in [4.78, 5) is 11.5. The first kappa shape index (κ1) is 12.6. The van der Waals surface area contributed by atoms with Crippen molar-refractivity contribution in [2.45, 2.75) is 37.5 Å². The van der Waals surface area contributed by atoms with Gasteiger partial charge in [-0.3, -0.25) is 0 Å². The molecule has 4 atom stereocenters. The number of hydrogen-bond donors (Lipinski definition) is 1. The smallest absolute Gasteiger partial charge is 0.333 e. The molecule has 2 fully saturated rings. The predicted octanol–water partition coefficient (Wildman–Crippen LogP) is 0.561. The Bertz CT molecular complexity index is 456. The molecule has 4 unspecified atom stereocenters. The summed E-state index contributed by atoms with van der Waals surface area (Å²) in [6, 6.07) is 0. The Morgan fingerprint density at radius 1 is 1.41 bits per heavy atom. The van der Waals surface area contributed by atoms with Gasteiger partial charge in [-0.05, 0) is 32.1 Å². The second-order valence-corrected chi connectivity index (χ2v) is 6.80. The number of carbonyl (C=O) groups excluding carboxylic acids is 1. The van der Waals surface area contributed by atoms with E-state index in [4.69, 9.17) is 9.88 Å². The quantitative estimate of drug-likeness (QED) is 0.592. The lowest BCUT2D eigenvalue weighted by Crippen LogP contribution is -2.35. The molecule has 2 aliphatic carbocycles. The van der Waals surface area contributed by atoms with E-state index in [-0.39, 0.29) is 17.9 Å². The highest BCUT2D eigenvalue weighted by Gasteiger charge is 2.54. The van der Waals surface area contributed by atoms with Gasteiger partial charge in [0.15, 0.2) is 0 Å². The van der Waals surface area contributed by atoms with E-state index in [0.29, 0.717) is 12.0 Å². The lowest BCUT2D eigenvalue weighted by Gasteiger charge is -2.20. The number of esters is 1. The van der Waals surface area contributed by atoms with Gasteiger partial charge in [0, 0.05) is 11.5 Å². The van der Waals surface area contributed by atoms with Crippen LogP contribution in [0.1, 0.15) is 26.2 Å². The van der Waals surface area contributed by atoms with Gasteiger partial charge >= 0.3 is 5.97 Å². The fourth-order valence-electron chi connectivity index (χ4n) is 2.99. The van der Waals surface area contributed by atoms with Gasteiger partial charge in [-0.25, -0.2) is 18.4 Å². The Hall–Kier alpha value is -0.880. The minimum absolute atomic E-state index is 0.131. The monoisotopic (exact) mass is 259 g/mol. The van der Waals surface area contributed by atoms with Crippen molar-refractivity contribution in [2.24, 2.45) is 17.0 Å². The molecule has 6 heteroatoms. The van der Waals surface area contributed by atoms with E-state index in [1.54, 1.807) is 6.92 Å². The van der Waals surface area contributed by atoms with Gasteiger partial charge in [-0.2, -0.15) is 0 Å². The Morgan fingerprint density at radius 2 is 2.06 bits per heavy atom. The molecule has 0 heterocycles. The first-order valence-electron chi connectivity index (χ1n) is 5.69. The maximum absolute atomic E-state index is 11.5. The van der Waals surface area contributed by atoms with Crippen molar-refractivity contribution in [1.29, 1.82) is 0 Å². The number of nitrogens with two attached hydrogens (primary N) is 1. The zero-order valence-electron chi connectivity index (χ0n) is 9.76. The number of hydrogen-bond acceptors (Lipinski definition) is 4. The van der Waals surface area contributed by atoms with Crippen LogP contribution in [0.25, 0.3) is 0 Å². The SMILES string of the molecule is C=C(C)C(=O)OC1C2CCC1C(S(N)(=O)=O)C2. The zero-order valence-corrected chi connectivity index (χ0v) is 10.6. The highest BCUT2D eigenvalue weighted by molar-refractivity contribution is 7.89. The standard InChI is InChI=1S/C11H17NO4S/c1-6(2)11(13)16-10-7-3-4-8(10)9(5-7)17(12,14)15/h7-10H,1,3-5H2,2H3,(H2,12,14,15). The zero-order chi connectivity index (χ0) is 12.8. The minimum Gasteiger partial charge on any atom is -0.458 e. The number of carbonyl (C=O) groups is 1. The molecule has 2 rings (SSSR count). The molecule has 2 bridgehead atoms. The molecule has 17 heavy (non-hydrogen) atoms. The molecule has 2 aliphatic rings. The van der Waals surface area contributed by atoms with Crippen molar-refractivity contribution in [1.82, 2.24) is 0 Å². The predicted molar refractivity (Wildman–Crippen MR) is 62.4 cm³/mol. The van der Waals surface area contributed by atoms with E-state index >= 15 is 0 Å². The van der Waals surface area contributed by atoms with Gasteiger partial charge in [-0.1, -0.05) is 6.58 Å². The van der Waals surface area contributed by atoms with E-state index in [0.717, 1.165) is 12.8 Å². The second kappa shape index (κ2) is 4.10. The highest BCUT2D eigenvalue weighted by Crippen LogP contribution is 2.48. The molecule has 2 saturated carbocycles. The first-order chi connectivity index (χ1) is 7.80. The fraction of sp³-hybridized carbons (Fsp3) is 0.727. The maximum atomic E-state index is 11.5. The summed E-state index contributed by atoms with van der Waals surface area (Å²) in [6.45, 7) is 5.10. The van der Waals surface area contributed by atoms with Crippen LogP contribution in [0.5, 0.6) is 0 Å². The Kier molecular flexibility index (Phi) is 3.03. The summed E-state index contributed by atoms with van der Waals surface area (Å²) >= 11 is 0. The van der Waals surface area contributed by atoms with Crippen LogP contribution in [0.4, 0.5) is 0 Å². The molecule has 0 saturated heterocycles. The van der Waals surface area contributed by atoms with E-state index in [1.807, 2.05) is 0 Å². The molecule has 96 valence electrons. The van der Waals surface area contributed by atoms with Crippen molar-refractivity contribution in [2.75, 3.05) is 0 Å². The van der Waals surface area contributed by atoms with E-state index in [1.165, 1.54) is 0 Å². The lowest BCUT2D eigenvalue weighted by atomic mass is 10.0. The van der Waals surface area contributed by atoms with Gasteiger partial charge in [0.25, 0.3) is 0 Å². The van der Waals surface area contributed by atoms with Crippen molar-refractivity contribution in [3.8, 4) is 0 Å². The summed E-state index contributed by atoms with van der Waals surface area (Å²) in [6.07, 6.45) is 1.88. The summed E-state index contributed by atoms with van der Waals surface area (Å²) in [7, 11) is -3.54. The normalized spacial score (nSPS) is 35.9. The molecule has 0 amide bonds. The molecular weight excluding hydrogens is 242 g/mol. The largest absolute Gasteiger partial charge is 0.458 e. The number of fused-ring (bicyclic) bond motifs is 2. The number of rotatable bonds is 3. The average Bonchev–Trinajstić information content (AvgIpc) is 2.74. The van der Waals surface area contributed by atoms with Gasteiger partial charge in [0.2, 0.25) is 10.0 Å². The van der Waals surface area contributed by atoms with E-state index in [9.17, 15) is 13.2 Å². The van der Waals surface area contributed by atoms with Crippen LogP contribution in [0.15, 0.2) is 12.2 Å². The Labute approximate surface area is 101 Å². The fourth-order valence-corrected chi connectivity index (χ4v) is 4.29. The minimum atomic E-state index is -3.54. The van der Waals surface area contributed by atoms with Crippen LogP contribution >= 0.6 is 0 Å². The second-order valence-electron chi connectivity index (χ2n) is 5.01. The third-order valence-corrected chi connectivity index (χ3v) is 5.17. The molecule has 5 nitrogen and oxygen atoms in total. The van der Waals surface area contributed by atoms with Crippen LogP contribution in [0, 0.1) is 11.8 Å². The van der Waals surface area contributed by atoms with Crippen LogP contribution in [0.2, 0.25) is 0 Å². The molecule has 0 radical (unpaired) electrons. The summed E-state index contributed by atoms with van der Waals surface area (Å²) in [5, 5.41) is 4.64. The van der Waals surface area contributed by atoms with E-state index < -0.39 is 21.2 Å². The molecule has 0 aromatic heterocycles. The summed E-state index contributed by atoms with van der Waals surface area (Å²) < 4.78 is 28.1. The Balaban J connectivity index is 2.12. The first-order valence-corrected chi connectivity index (χ1v) is 7.29. The topological polar surface area (TPSA) is 86.5 Å². The third kappa shape index (κ3) is 2.24. The number of sulfonamides is 1. The molecule has 0 aromatic carbocycles. The van der Waals surface area contributed by atoms with Crippen LogP contribution < -0.4 is 5.14 Å². The van der Waals surface area contributed by atoms with Crippen LogP contribution in [-0.2, 0) is 19.6 Å². The molecule has 2 N–H and O–H groups in total. The van der Waals surface area contributed by atoms with Crippen molar-refractivity contribution in [3.05, 3.63) is 12.2 Å².